The third-order valence-electron chi connectivity index (χ3n) is 5.01. The monoisotopic (exact) mass is 439 g/mol. The van der Waals surface area contributed by atoms with Gasteiger partial charge < -0.3 is 20.1 Å². The molecule has 172 valence electrons. The van der Waals surface area contributed by atoms with Crippen molar-refractivity contribution in [3.63, 3.8) is 0 Å². The first kappa shape index (κ1) is 23.7. The number of hydrogen-bond donors (Lipinski definition) is 2. The first-order chi connectivity index (χ1) is 15.3. The van der Waals surface area contributed by atoms with Crippen molar-refractivity contribution < 1.29 is 14.3 Å². The number of nitrogens with two attached hydrogens (primary N) is 1. The summed E-state index contributed by atoms with van der Waals surface area (Å²) in [5, 5.41) is 4.36. The third-order valence-corrected chi connectivity index (χ3v) is 5.01. The number of carbonyl (C=O) groups is 1. The van der Waals surface area contributed by atoms with Crippen molar-refractivity contribution in [3.8, 4) is 0 Å². The summed E-state index contributed by atoms with van der Waals surface area (Å²) >= 11 is 0. The van der Waals surface area contributed by atoms with Gasteiger partial charge >= 0.3 is 5.97 Å². The van der Waals surface area contributed by atoms with Gasteiger partial charge in [0.2, 0.25) is 0 Å². The lowest BCUT2D eigenvalue weighted by atomic mass is 10.1. The van der Waals surface area contributed by atoms with Crippen LogP contribution >= 0.6 is 0 Å². The molecule has 2 aromatic rings. The number of nitrogens with zero attached hydrogens (tertiary/aromatic N) is 3. The minimum absolute atomic E-state index is 0.303. The molecule has 1 saturated heterocycles. The summed E-state index contributed by atoms with van der Waals surface area (Å²) in [6.07, 6.45) is 3.11. The second kappa shape index (κ2) is 11.1. The van der Waals surface area contributed by atoms with Crippen molar-refractivity contribution in [1.29, 1.82) is 0 Å². The fourth-order valence-corrected chi connectivity index (χ4v) is 3.29. The fourth-order valence-electron chi connectivity index (χ4n) is 3.29. The van der Waals surface area contributed by atoms with Crippen molar-refractivity contribution in [3.05, 3.63) is 53.2 Å². The first-order valence-corrected chi connectivity index (χ1v) is 11.0. The molecule has 0 saturated carbocycles. The molecule has 0 unspecified atom stereocenters. The smallest absolute Gasteiger partial charge is 0.325 e. The van der Waals surface area contributed by atoms with Gasteiger partial charge in [0.15, 0.2) is 0 Å². The highest BCUT2D eigenvalue weighted by Crippen LogP contribution is 2.22. The standard InChI is InChI=1S/C24H33N5O3/c1-18-6-4-7-19(14-18)17-26-28-22-16-21(29-9-12-31-13-10-29)15-20(27-22)8-5-11-32-23(30)24(2,3)25/h4,6-7,14-17H,5,8-13,25H2,1-3H3,(H,27,28)/b26-17+. The summed E-state index contributed by atoms with van der Waals surface area (Å²) < 4.78 is 10.8. The van der Waals surface area contributed by atoms with Crippen LogP contribution in [-0.4, -0.2) is 55.6 Å². The molecule has 1 aromatic carbocycles. The Morgan fingerprint density at radius 3 is 2.81 bits per heavy atom. The molecule has 1 aliphatic heterocycles. The first-order valence-electron chi connectivity index (χ1n) is 11.0. The van der Waals surface area contributed by atoms with Gasteiger partial charge in [0, 0.05) is 30.5 Å². The van der Waals surface area contributed by atoms with Crippen molar-refractivity contribution >= 4 is 23.7 Å². The second-order valence-corrected chi connectivity index (χ2v) is 8.55. The molecule has 0 amide bonds. The van der Waals surface area contributed by atoms with Crippen LogP contribution in [0.1, 0.15) is 37.1 Å². The topological polar surface area (TPSA) is 102 Å². The minimum Gasteiger partial charge on any atom is -0.464 e. The lowest BCUT2D eigenvalue weighted by Crippen LogP contribution is -2.42. The van der Waals surface area contributed by atoms with E-state index in [9.17, 15) is 4.79 Å². The van der Waals surface area contributed by atoms with E-state index >= 15 is 0 Å². The van der Waals surface area contributed by atoms with E-state index in [0.29, 0.717) is 38.5 Å². The lowest BCUT2D eigenvalue weighted by Gasteiger charge is -2.29. The number of ether oxygens (including phenoxy) is 2. The van der Waals surface area contributed by atoms with Crippen LogP contribution in [0.25, 0.3) is 0 Å². The average molecular weight is 440 g/mol. The Morgan fingerprint density at radius 2 is 2.09 bits per heavy atom. The van der Waals surface area contributed by atoms with Crippen LogP contribution in [-0.2, 0) is 20.7 Å². The Bertz CT molecular complexity index is 933. The van der Waals surface area contributed by atoms with Gasteiger partial charge in [0.05, 0.1) is 26.0 Å². The molecule has 0 atom stereocenters. The molecule has 3 rings (SSSR count). The van der Waals surface area contributed by atoms with Crippen LogP contribution < -0.4 is 16.1 Å². The zero-order valence-electron chi connectivity index (χ0n) is 19.1. The number of aryl methyl sites for hydroxylation is 2. The number of rotatable bonds is 9. The fraction of sp³-hybridized carbons (Fsp3) is 0.458. The largest absolute Gasteiger partial charge is 0.464 e. The van der Waals surface area contributed by atoms with Crippen LogP contribution in [0.4, 0.5) is 11.5 Å². The highest BCUT2D eigenvalue weighted by Gasteiger charge is 2.23. The molecule has 1 fully saturated rings. The summed E-state index contributed by atoms with van der Waals surface area (Å²) in [5.74, 6) is 0.272. The summed E-state index contributed by atoms with van der Waals surface area (Å²) in [4.78, 5) is 18.8. The van der Waals surface area contributed by atoms with Gasteiger partial charge in [-0.2, -0.15) is 5.10 Å². The molecular formula is C24H33N5O3. The van der Waals surface area contributed by atoms with E-state index < -0.39 is 11.5 Å². The quantitative estimate of drug-likeness (QED) is 0.268. The lowest BCUT2D eigenvalue weighted by molar-refractivity contribution is -0.148. The van der Waals surface area contributed by atoms with Crippen LogP contribution in [0, 0.1) is 6.92 Å². The normalized spacial score (nSPS) is 14.6. The number of anilines is 2. The zero-order valence-corrected chi connectivity index (χ0v) is 19.1. The Kier molecular flexibility index (Phi) is 8.19. The predicted molar refractivity (Wildman–Crippen MR) is 127 cm³/mol. The molecular weight excluding hydrogens is 406 g/mol. The van der Waals surface area contributed by atoms with E-state index in [1.165, 1.54) is 5.56 Å². The maximum absolute atomic E-state index is 11.8. The van der Waals surface area contributed by atoms with Crippen molar-refractivity contribution in [2.75, 3.05) is 43.2 Å². The van der Waals surface area contributed by atoms with E-state index in [4.69, 9.17) is 20.2 Å². The minimum atomic E-state index is -0.985. The van der Waals surface area contributed by atoms with E-state index in [1.807, 2.05) is 18.2 Å². The van der Waals surface area contributed by atoms with E-state index in [2.05, 4.69) is 40.5 Å². The molecule has 8 heteroatoms. The number of aromatic nitrogens is 1. The van der Waals surface area contributed by atoms with Gasteiger partial charge in [0.1, 0.15) is 11.4 Å². The van der Waals surface area contributed by atoms with E-state index in [0.717, 1.165) is 30.0 Å². The van der Waals surface area contributed by atoms with Gasteiger partial charge in [-0.3, -0.25) is 10.2 Å². The molecule has 0 spiro atoms. The summed E-state index contributed by atoms with van der Waals surface area (Å²) in [5.41, 5.74) is 12.0. The van der Waals surface area contributed by atoms with Gasteiger partial charge in [0.25, 0.3) is 0 Å². The number of hydrogen-bond acceptors (Lipinski definition) is 8. The summed E-state index contributed by atoms with van der Waals surface area (Å²) in [6.45, 7) is 8.70. The van der Waals surface area contributed by atoms with Crippen molar-refractivity contribution in [2.45, 2.75) is 39.2 Å². The summed E-state index contributed by atoms with van der Waals surface area (Å²) in [6, 6.07) is 12.2. The van der Waals surface area contributed by atoms with Crippen molar-refractivity contribution in [2.24, 2.45) is 10.8 Å². The average Bonchev–Trinajstić information content (AvgIpc) is 2.76. The predicted octanol–water partition coefficient (Wildman–Crippen LogP) is 2.89. The molecule has 3 N–H and O–H groups in total. The van der Waals surface area contributed by atoms with Gasteiger partial charge in [-0.05, 0) is 45.2 Å². The van der Waals surface area contributed by atoms with Crippen LogP contribution in [0.3, 0.4) is 0 Å². The Labute approximate surface area is 189 Å². The van der Waals surface area contributed by atoms with Gasteiger partial charge in [-0.1, -0.05) is 29.8 Å². The van der Waals surface area contributed by atoms with Crippen LogP contribution in [0.2, 0.25) is 0 Å². The molecule has 32 heavy (non-hydrogen) atoms. The molecule has 8 nitrogen and oxygen atoms in total. The SMILES string of the molecule is Cc1cccc(/C=N/Nc2cc(N3CCOCC3)cc(CCCOC(=O)C(C)(C)N)n2)c1. The number of morpholine rings is 1. The maximum Gasteiger partial charge on any atom is 0.325 e. The third kappa shape index (κ3) is 7.32. The summed E-state index contributed by atoms with van der Waals surface area (Å²) in [7, 11) is 0. The Hall–Kier alpha value is -2.97. The number of benzene rings is 1. The van der Waals surface area contributed by atoms with E-state index in [1.54, 1.807) is 20.1 Å². The number of hydrazone groups is 1. The van der Waals surface area contributed by atoms with Crippen LogP contribution in [0.15, 0.2) is 41.5 Å². The number of nitrogens with one attached hydrogen (secondary N) is 1. The Morgan fingerprint density at radius 1 is 1.31 bits per heavy atom. The molecule has 1 aliphatic rings. The van der Waals surface area contributed by atoms with Crippen molar-refractivity contribution in [1.82, 2.24) is 4.98 Å². The highest BCUT2D eigenvalue weighted by molar-refractivity contribution is 5.80. The van der Waals surface area contributed by atoms with E-state index in [-0.39, 0.29) is 0 Å². The number of pyridine rings is 1. The van der Waals surface area contributed by atoms with Gasteiger partial charge in [-0.25, -0.2) is 4.98 Å². The molecule has 0 radical (unpaired) electrons. The number of carbonyl (C=O) groups excluding carboxylic acids is 1. The molecule has 1 aromatic heterocycles. The second-order valence-electron chi connectivity index (χ2n) is 8.55. The molecule has 0 aliphatic carbocycles. The highest BCUT2D eigenvalue weighted by atomic mass is 16.5. The Balaban J connectivity index is 1.67. The number of esters is 1. The molecule has 0 bridgehead atoms. The zero-order chi connectivity index (χ0) is 23.0. The maximum atomic E-state index is 11.8. The molecule has 2 heterocycles. The van der Waals surface area contributed by atoms with Crippen LogP contribution in [0.5, 0.6) is 0 Å². The van der Waals surface area contributed by atoms with Gasteiger partial charge in [-0.15, -0.1) is 0 Å².